The van der Waals surface area contributed by atoms with Gasteiger partial charge >= 0.3 is 0 Å². The first kappa shape index (κ1) is 17.2. The molecule has 0 spiro atoms. The van der Waals surface area contributed by atoms with Crippen LogP contribution in [-0.2, 0) is 0 Å². The second kappa shape index (κ2) is 8.00. The standard InChI is InChI=1S/C20H23N3O2/c21-14-17-7-10-22-19(13-17)23-11-4-8-20(15-23,16-24)9-12-25-18-5-2-1-3-6-18/h1-3,5-7,10,13,24H,4,8-9,11-12,15-16H2/t20-/m0/s1. The lowest BCUT2D eigenvalue weighted by molar-refractivity contribution is 0.0792. The summed E-state index contributed by atoms with van der Waals surface area (Å²) in [6, 6.07) is 15.4. The minimum Gasteiger partial charge on any atom is -0.494 e. The maximum absolute atomic E-state index is 10.0. The highest BCUT2D eigenvalue weighted by atomic mass is 16.5. The van der Waals surface area contributed by atoms with Crippen LogP contribution < -0.4 is 9.64 Å². The smallest absolute Gasteiger partial charge is 0.129 e. The summed E-state index contributed by atoms with van der Waals surface area (Å²) in [7, 11) is 0. The van der Waals surface area contributed by atoms with Gasteiger partial charge in [0.1, 0.15) is 11.6 Å². The molecule has 1 saturated heterocycles. The first-order valence-electron chi connectivity index (χ1n) is 8.64. The lowest BCUT2D eigenvalue weighted by Crippen LogP contribution is -2.46. The summed E-state index contributed by atoms with van der Waals surface area (Å²) in [5.41, 5.74) is 0.412. The Hall–Kier alpha value is -2.58. The number of pyridine rings is 1. The van der Waals surface area contributed by atoms with Crippen molar-refractivity contribution in [2.75, 3.05) is 31.2 Å². The number of aromatic nitrogens is 1. The fourth-order valence-corrected chi connectivity index (χ4v) is 3.38. The van der Waals surface area contributed by atoms with Gasteiger partial charge in [0.15, 0.2) is 0 Å². The quantitative estimate of drug-likeness (QED) is 0.877. The number of hydrogen-bond acceptors (Lipinski definition) is 5. The third-order valence-corrected chi connectivity index (χ3v) is 4.84. The van der Waals surface area contributed by atoms with Crippen molar-refractivity contribution in [3.8, 4) is 11.8 Å². The number of nitriles is 1. The van der Waals surface area contributed by atoms with Crippen molar-refractivity contribution in [3.63, 3.8) is 0 Å². The van der Waals surface area contributed by atoms with Crippen LogP contribution in [0.4, 0.5) is 5.82 Å². The first-order valence-corrected chi connectivity index (χ1v) is 8.64. The minimum atomic E-state index is -0.197. The molecule has 5 heteroatoms. The van der Waals surface area contributed by atoms with E-state index >= 15 is 0 Å². The molecule has 5 nitrogen and oxygen atoms in total. The van der Waals surface area contributed by atoms with Crippen LogP contribution in [0.2, 0.25) is 0 Å². The molecule has 1 N–H and O–H groups in total. The second-order valence-corrected chi connectivity index (χ2v) is 6.61. The van der Waals surface area contributed by atoms with Crippen LogP contribution in [0.15, 0.2) is 48.7 Å². The number of piperidine rings is 1. The molecule has 1 aromatic heterocycles. The number of rotatable bonds is 6. The lowest BCUT2D eigenvalue weighted by Gasteiger charge is -2.42. The number of para-hydroxylation sites is 1. The Morgan fingerprint density at radius 1 is 1.28 bits per heavy atom. The predicted molar refractivity (Wildman–Crippen MR) is 96.5 cm³/mol. The van der Waals surface area contributed by atoms with E-state index < -0.39 is 0 Å². The Balaban J connectivity index is 1.65. The van der Waals surface area contributed by atoms with Gasteiger partial charge < -0.3 is 14.7 Å². The van der Waals surface area contributed by atoms with Gasteiger partial charge in [-0.3, -0.25) is 0 Å². The molecule has 2 heterocycles. The molecule has 1 aliphatic rings. The molecular formula is C20H23N3O2. The third kappa shape index (κ3) is 4.28. The van der Waals surface area contributed by atoms with Crippen LogP contribution in [0.5, 0.6) is 5.75 Å². The molecule has 1 aromatic carbocycles. The van der Waals surface area contributed by atoms with E-state index in [-0.39, 0.29) is 12.0 Å². The fraction of sp³-hybridized carbons (Fsp3) is 0.400. The zero-order valence-corrected chi connectivity index (χ0v) is 14.3. The highest BCUT2D eigenvalue weighted by Gasteiger charge is 2.35. The van der Waals surface area contributed by atoms with Gasteiger partial charge in [-0.2, -0.15) is 5.26 Å². The minimum absolute atomic E-state index is 0.125. The molecule has 0 aliphatic carbocycles. The SMILES string of the molecule is N#Cc1ccnc(N2CCC[C@](CO)(CCOc3ccccc3)C2)c1. The van der Waals surface area contributed by atoms with Crippen LogP contribution in [0.25, 0.3) is 0 Å². The normalized spacial score (nSPS) is 20.1. The molecular weight excluding hydrogens is 314 g/mol. The molecule has 0 bridgehead atoms. The van der Waals surface area contributed by atoms with E-state index in [0.29, 0.717) is 12.2 Å². The molecule has 1 atom stereocenters. The van der Waals surface area contributed by atoms with Crippen molar-refractivity contribution in [3.05, 3.63) is 54.2 Å². The molecule has 0 saturated carbocycles. The monoisotopic (exact) mass is 337 g/mol. The van der Waals surface area contributed by atoms with Gasteiger partial charge in [0.05, 0.1) is 24.8 Å². The van der Waals surface area contributed by atoms with Crippen LogP contribution in [-0.4, -0.2) is 36.4 Å². The van der Waals surface area contributed by atoms with E-state index in [2.05, 4.69) is 16.0 Å². The molecule has 2 aromatic rings. The number of benzene rings is 1. The molecule has 3 rings (SSSR count). The van der Waals surface area contributed by atoms with Crippen molar-refractivity contribution in [1.82, 2.24) is 4.98 Å². The summed E-state index contributed by atoms with van der Waals surface area (Å²) in [4.78, 5) is 6.57. The second-order valence-electron chi connectivity index (χ2n) is 6.61. The molecule has 130 valence electrons. The van der Waals surface area contributed by atoms with Crippen molar-refractivity contribution in [2.45, 2.75) is 19.3 Å². The number of anilines is 1. The zero-order chi connectivity index (χ0) is 17.5. The Kier molecular flexibility index (Phi) is 5.52. The molecule has 0 radical (unpaired) electrons. The number of nitrogens with zero attached hydrogens (tertiary/aromatic N) is 3. The van der Waals surface area contributed by atoms with Crippen molar-refractivity contribution in [2.24, 2.45) is 5.41 Å². The number of ether oxygens (including phenoxy) is 1. The number of aliphatic hydroxyl groups excluding tert-OH is 1. The molecule has 1 aliphatic heterocycles. The van der Waals surface area contributed by atoms with Gasteiger partial charge in [0, 0.05) is 24.7 Å². The average Bonchev–Trinajstić information content (AvgIpc) is 2.69. The van der Waals surface area contributed by atoms with Crippen LogP contribution in [0, 0.1) is 16.7 Å². The number of aliphatic hydroxyl groups is 1. The van der Waals surface area contributed by atoms with Gasteiger partial charge in [0.2, 0.25) is 0 Å². The van der Waals surface area contributed by atoms with Crippen LogP contribution in [0.3, 0.4) is 0 Å². The maximum Gasteiger partial charge on any atom is 0.129 e. The van der Waals surface area contributed by atoms with E-state index in [0.717, 1.165) is 43.9 Å². The summed E-state index contributed by atoms with van der Waals surface area (Å²) in [5, 5.41) is 19.1. The number of hydrogen-bond donors (Lipinski definition) is 1. The van der Waals surface area contributed by atoms with Crippen LogP contribution in [0.1, 0.15) is 24.8 Å². The molecule has 0 unspecified atom stereocenters. The Morgan fingerprint density at radius 3 is 2.88 bits per heavy atom. The summed E-state index contributed by atoms with van der Waals surface area (Å²) in [6.45, 7) is 2.32. The largest absolute Gasteiger partial charge is 0.494 e. The van der Waals surface area contributed by atoms with E-state index in [1.165, 1.54) is 0 Å². The van der Waals surface area contributed by atoms with E-state index in [9.17, 15) is 5.11 Å². The van der Waals surface area contributed by atoms with Gasteiger partial charge in [-0.25, -0.2) is 4.98 Å². The van der Waals surface area contributed by atoms with Crippen LogP contribution >= 0.6 is 0 Å². The van der Waals surface area contributed by atoms with Gasteiger partial charge in [-0.15, -0.1) is 0 Å². The highest BCUT2D eigenvalue weighted by molar-refractivity contribution is 5.45. The van der Waals surface area contributed by atoms with Crippen molar-refractivity contribution < 1.29 is 9.84 Å². The predicted octanol–water partition coefficient (Wildman–Crippen LogP) is 3.00. The van der Waals surface area contributed by atoms with E-state index in [4.69, 9.17) is 10.00 Å². The van der Waals surface area contributed by atoms with Crippen molar-refractivity contribution >= 4 is 5.82 Å². The summed E-state index contributed by atoms with van der Waals surface area (Å²) < 4.78 is 5.82. The Bertz CT molecular complexity index is 729. The lowest BCUT2D eigenvalue weighted by atomic mass is 9.78. The summed E-state index contributed by atoms with van der Waals surface area (Å²) >= 11 is 0. The molecule has 25 heavy (non-hydrogen) atoms. The van der Waals surface area contributed by atoms with Gasteiger partial charge in [0.25, 0.3) is 0 Å². The topological polar surface area (TPSA) is 69.4 Å². The summed E-state index contributed by atoms with van der Waals surface area (Å²) in [5.74, 6) is 1.66. The van der Waals surface area contributed by atoms with Gasteiger partial charge in [-0.1, -0.05) is 18.2 Å². The van der Waals surface area contributed by atoms with Crippen molar-refractivity contribution in [1.29, 1.82) is 5.26 Å². The van der Waals surface area contributed by atoms with E-state index in [1.807, 2.05) is 36.4 Å². The Morgan fingerprint density at radius 2 is 2.12 bits per heavy atom. The fourth-order valence-electron chi connectivity index (χ4n) is 3.38. The highest BCUT2D eigenvalue weighted by Crippen LogP contribution is 2.35. The third-order valence-electron chi connectivity index (χ3n) is 4.84. The molecule has 1 fully saturated rings. The zero-order valence-electron chi connectivity index (χ0n) is 14.3. The average molecular weight is 337 g/mol. The molecule has 0 amide bonds. The Labute approximate surface area is 148 Å². The summed E-state index contributed by atoms with van der Waals surface area (Å²) in [6.07, 6.45) is 4.41. The van der Waals surface area contributed by atoms with Gasteiger partial charge in [-0.05, 0) is 43.5 Å². The maximum atomic E-state index is 10.0. The first-order chi connectivity index (χ1) is 12.2. The van der Waals surface area contributed by atoms with E-state index in [1.54, 1.807) is 12.3 Å².